The molecule has 19 heavy (non-hydrogen) atoms. The summed E-state index contributed by atoms with van der Waals surface area (Å²) in [5.41, 5.74) is -1.96. The van der Waals surface area contributed by atoms with Crippen molar-refractivity contribution in [2.45, 2.75) is 86.4 Å². The van der Waals surface area contributed by atoms with E-state index >= 15 is 0 Å². The number of aliphatic hydroxyl groups is 1. The average molecular weight is 272 g/mol. The van der Waals surface area contributed by atoms with E-state index in [1.165, 1.54) is 0 Å². The van der Waals surface area contributed by atoms with Crippen molar-refractivity contribution in [1.82, 2.24) is 0 Å². The SMILES string of the molecule is CC(C)(C)CC(C)(C)OC(=O)C(C)(C)CC(C)(C)O. The molecule has 0 saturated carbocycles. The lowest BCUT2D eigenvalue weighted by atomic mass is 9.80. The number of hydrogen-bond acceptors (Lipinski definition) is 3. The Balaban J connectivity index is 4.76. The van der Waals surface area contributed by atoms with E-state index in [-0.39, 0.29) is 11.4 Å². The Bertz CT molecular complexity index is 314. The molecular formula is C16H32O3. The van der Waals surface area contributed by atoms with Gasteiger partial charge in [-0.15, -0.1) is 0 Å². The lowest BCUT2D eigenvalue weighted by Crippen LogP contribution is -2.41. The van der Waals surface area contributed by atoms with Gasteiger partial charge < -0.3 is 9.84 Å². The Hall–Kier alpha value is -0.570. The predicted octanol–water partition coefficient (Wildman–Crippen LogP) is 3.93. The van der Waals surface area contributed by atoms with Crippen LogP contribution in [0.15, 0.2) is 0 Å². The molecule has 0 unspecified atom stereocenters. The lowest BCUT2D eigenvalue weighted by Gasteiger charge is -2.36. The van der Waals surface area contributed by atoms with Gasteiger partial charge in [0.15, 0.2) is 0 Å². The molecule has 0 aromatic carbocycles. The van der Waals surface area contributed by atoms with Gasteiger partial charge in [0.25, 0.3) is 0 Å². The van der Waals surface area contributed by atoms with Crippen LogP contribution in [-0.4, -0.2) is 22.3 Å². The number of ether oxygens (including phenoxy) is 1. The number of hydrogen-bond donors (Lipinski definition) is 1. The van der Waals surface area contributed by atoms with Crippen molar-refractivity contribution < 1.29 is 14.6 Å². The zero-order valence-corrected chi connectivity index (χ0v) is 14.2. The fraction of sp³-hybridized carbons (Fsp3) is 0.938. The summed E-state index contributed by atoms with van der Waals surface area (Å²) in [7, 11) is 0. The molecule has 0 aliphatic rings. The third-order valence-electron chi connectivity index (χ3n) is 2.75. The van der Waals surface area contributed by atoms with Crippen LogP contribution in [0.1, 0.15) is 75.2 Å². The zero-order chi connectivity index (χ0) is 15.7. The Labute approximate surface area is 118 Å². The van der Waals surface area contributed by atoms with E-state index in [9.17, 15) is 9.90 Å². The molecule has 0 saturated heterocycles. The fourth-order valence-corrected chi connectivity index (χ4v) is 2.86. The van der Waals surface area contributed by atoms with Crippen LogP contribution >= 0.6 is 0 Å². The average Bonchev–Trinajstić information content (AvgIpc) is 1.91. The van der Waals surface area contributed by atoms with E-state index < -0.39 is 16.6 Å². The third kappa shape index (κ3) is 8.25. The Morgan fingerprint density at radius 2 is 1.32 bits per heavy atom. The van der Waals surface area contributed by atoms with Gasteiger partial charge in [-0.1, -0.05) is 20.8 Å². The molecule has 0 atom stereocenters. The number of carbonyl (C=O) groups is 1. The normalized spacial score (nSPS) is 14.4. The highest BCUT2D eigenvalue weighted by molar-refractivity contribution is 5.76. The van der Waals surface area contributed by atoms with Gasteiger partial charge in [0.2, 0.25) is 0 Å². The van der Waals surface area contributed by atoms with E-state index in [1.54, 1.807) is 13.8 Å². The monoisotopic (exact) mass is 272 g/mol. The van der Waals surface area contributed by atoms with Crippen LogP contribution in [0.25, 0.3) is 0 Å². The van der Waals surface area contributed by atoms with Crippen LogP contribution in [0, 0.1) is 10.8 Å². The van der Waals surface area contributed by atoms with E-state index in [1.807, 2.05) is 27.7 Å². The number of carbonyl (C=O) groups excluding carboxylic acids is 1. The zero-order valence-electron chi connectivity index (χ0n) is 14.2. The third-order valence-corrected chi connectivity index (χ3v) is 2.75. The molecule has 0 aliphatic carbocycles. The first-order chi connectivity index (χ1) is 8.04. The maximum atomic E-state index is 12.3. The van der Waals surface area contributed by atoms with Gasteiger partial charge in [0, 0.05) is 0 Å². The Kier molecular flexibility index (Phi) is 5.27. The maximum Gasteiger partial charge on any atom is 0.312 e. The fourth-order valence-electron chi connectivity index (χ4n) is 2.86. The van der Waals surface area contributed by atoms with Crippen molar-refractivity contribution in [3.05, 3.63) is 0 Å². The molecule has 0 spiro atoms. The molecule has 0 radical (unpaired) electrons. The van der Waals surface area contributed by atoms with Gasteiger partial charge >= 0.3 is 5.97 Å². The largest absolute Gasteiger partial charge is 0.459 e. The molecule has 0 heterocycles. The van der Waals surface area contributed by atoms with Gasteiger partial charge in [0.05, 0.1) is 11.0 Å². The summed E-state index contributed by atoms with van der Waals surface area (Å²) in [6, 6.07) is 0. The highest BCUT2D eigenvalue weighted by Gasteiger charge is 2.39. The quantitative estimate of drug-likeness (QED) is 0.771. The highest BCUT2D eigenvalue weighted by atomic mass is 16.6. The van der Waals surface area contributed by atoms with Crippen molar-refractivity contribution in [3.8, 4) is 0 Å². The molecule has 114 valence electrons. The van der Waals surface area contributed by atoms with Crippen LogP contribution in [-0.2, 0) is 9.53 Å². The first-order valence-corrected chi connectivity index (χ1v) is 7.00. The summed E-state index contributed by atoms with van der Waals surface area (Å²) in [6.07, 6.45) is 1.18. The van der Waals surface area contributed by atoms with Crippen molar-refractivity contribution in [1.29, 1.82) is 0 Å². The Morgan fingerprint density at radius 3 is 1.63 bits per heavy atom. The van der Waals surface area contributed by atoms with E-state index in [4.69, 9.17) is 4.74 Å². The molecule has 0 aliphatic heterocycles. The summed E-state index contributed by atoms with van der Waals surface area (Å²) < 4.78 is 5.67. The van der Waals surface area contributed by atoms with Gasteiger partial charge in [-0.2, -0.15) is 0 Å². The van der Waals surface area contributed by atoms with Crippen molar-refractivity contribution in [2.24, 2.45) is 10.8 Å². The molecule has 3 heteroatoms. The van der Waals surface area contributed by atoms with Crippen LogP contribution in [0.5, 0.6) is 0 Å². The van der Waals surface area contributed by atoms with Crippen molar-refractivity contribution >= 4 is 5.97 Å². The van der Waals surface area contributed by atoms with Gasteiger partial charge in [-0.05, 0) is 59.8 Å². The van der Waals surface area contributed by atoms with E-state index in [0.29, 0.717) is 6.42 Å². The van der Waals surface area contributed by atoms with E-state index in [0.717, 1.165) is 6.42 Å². The minimum absolute atomic E-state index is 0.101. The van der Waals surface area contributed by atoms with E-state index in [2.05, 4.69) is 20.8 Å². The second-order valence-corrected chi connectivity index (χ2v) is 8.76. The minimum atomic E-state index is -0.878. The lowest BCUT2D eigenvalue weighted by molar-refractivity contribution is -0.172. The van der Waals surface area contributed by atoms with Crippen molar-refractivity contribution in [3.63, 3.8) is 0 Å². The minimum Gasteiger partial charge on any atom is -0.459 e. The standard InChI is InChI=1S/C16H32O3/c1-13(2,3)10-16(8,9)19-12(17)14(4,5)11-15(6,7)18/h18H,10-11H2,1-9H3. The molecule has 0 bridgehead atoms. The molecule has 0 rings (SSSR count). The van der Waals surface area contributed by atoms with Crippen molar-refractivity contribution in [2.75, 3.05) is 0 Å². The number of rotatable bonds is 5. The molecule has 0 aromatic rings. The molecule has 0 fully saturated rings. The summed E-state index contributed by atoms with van der Waals surface area (Å²) in [5, 5.41) is 9.88. The molecule has 3 nitrogen and oxygen atoms in total. The van der Waals surface area contributed by atoms with Gasteiger partial charge in [-0.3, -0.25) is 4.79 Å². The topological polar surface area (TPSA) is 46.5 Å². The summed E-state index contributed by atoms with van der Waals surface area (Å²) in [6.45, 7) is 17.3. The molecule has 0 amide bonds. The van der Waals surface area contributed by atoms with Crippen LogP contribution in [0.4, 0.5) is 0 Å². The van der Waals surface area contributed by atoms with Crippen LogP contribution in [0.3, 0.4) is 0 Å². The first-order valence-electron chi connectivity index (χ1n) is 7.00. The summed E-state index contributed by atoms with van der Waals surface area (Å²) in [5.74, 6) is -0.246. The maximum absolute atomic E-state index is 12.3. The summed E-state index contributed by atoms with van der Waals surface area (Å²) in [4.78, 5) is 12.3. The first kappa shape index (κ1) is 18.4. The highest BCUT2D eigenvalue weighted by Crippen LogP contribution is 2.34. The van der Waals surface area contributed by atoms with Crippen LogP contribution in [0.2, 0.25) is 0 Å². The van der Waals surface area contributed by atoms with Gasteiger partial charge in [0.1, 0.15) is 5.60 Å². The molecular weight excluding hydrogens is 240 g/mol. The summed E-state index contributed by atoms with van der Waals surface area (Å²) >= 11 is 0. The second-order valence-electron chi connectivity index (χ2n) is 8.76. The molecule has 1 N–H and O–H groups in total. The smallest absolute Gasteiger partial charge is 0.312 e. The second kappa shape index (κ2) is 5.43. The number of esters is 1. The Morgan fingerprint density at radius 1 is 0.895 bits per heavy atom. The predicted molar refractivity (Wildman–Crippen MR) is 78.9 cm³/mol. The van der Waals surface area contributed by atoms with Crippen LogP contribution < -0.4 is 0 Å². The van der Waals surface area contributed by atoms with Gasteiger partial charge in [-0.25, -0.2) is 0 Å². The molecule has 0 aromatic heterocycles.